The number of aromatic nitrogens is 1. The van der Waals surface area contributed by atoms with Crippen molar-refractivity contribution in [1.82, 2.24) is 15.2 Å². The molecule has 0 unspecified atom stereocenters. The summed E-state index contributed by atoms with van der Waals surface area (Å²) in [7, 11) is 0. The molecule has 3 rings (SSSR count). The lowest BCUT2D eigenvalue weighted by atomic mass is 10.1. The Morgan fingerprint density at radius 2 is 1.63 bits per heavy atom. The Morgan fingerprint density at radius 1 is 1.03 bits per heavy atom. The van der Waals surface area contributed by atoms with Crippen molar-refractivity contribution in [3.63, 3.8) is 0 Å². The maximum Gasteiger partial charge on any atom is 0.251 e. The van der Waals surface area contributed by atoms with Gasteiger partial charge in [-0.3, -0.25) is 4.79 Å². The molecule has 0 aliphatic carbocycles. The second kappa shape index (κ2) is 19.9. The number of nitrogens with one attached hydrogen (secondary N) is 3. The van der Waals surface area contributed by atoms with E-state index in [4.69, 9.17) is 9.66 Å². The standard InChI is InChI=1S/C18H31N5O2.C7H8.CH4OS/c1-2-6-19-16-13-15(18(25)21-8-12-24)14-17(22-16)20-7-11-23-9-4-3-5-10-23;1-7-5-3-2-4-6-7;1-3-2/h13-14,24H,2-12H2,1H3,(H,21,25)(H2,19,20,22);2-6H,1H3;2H,1H3. The Morgan fingerprint density at radius 3 is 2.14 bits per heavy atom. The first kappa shape index (κ1) is 30.7. The van der Waals surface area contributed by atoms with Crippen molar-refractivity contribution in [2.45, 2.75) is 39.5 Å². The number of aryl methyl sites for hydroxylation is 1. The van der Waals surface area contributed by atoms with E-state index in [2.05, 4.69) is 51.8 Å². The van der Waals surface area contributed by atoms with Gasteiger partial charge in [0.2, 0.25) is 0 Å². The summed E-state index contributed by atoms with van der Waals surface area (Å²) < 4.78 is 7.49. The van der Waals surface area contributed by atoms with E-state index >= 15 is 0 Å². The van der Waals surface area contributed by atoms with E-state index in [1.807, 2.05) is 18.2 Å². The molecule has 1 aliphatic rings. The third-order valence-electron chi connectivity index (χ3n) is 5.16. The van der Waals surface area contributed by atoms with Crippen molar-refractivity contribution >= 4 is 29.6 Å². The number of hydrogen-bond acceptors (Lipinski definition) is 8. The number of carbonyl (C=O) groups excluding carboxylic acids is 1. The number of benzene rings is 1. The molecule has 1 aliphatic heterocycles. The number of carbonyl (C=O) groups is 1. The predicted octanol–water partition coefficient (Wildman–Crippen LogP) is 4.34. The zero-order valence-corrected chi connectivity index (χ0v) is 22.2. The summed E-state index contributed by atoms with van der Waals surface area (Å²) in [5, 5.41) is 18.1. The Balaban J connectivity index is 0.000000510. The maximum atomic E-state index is 12.2. The third kappa shape index (κ3) is 14.6. The van der Waals surface area contributed by atoms with Crippen molar-refractivity contribution in [2.24, 2.45) is 0 Å². The van der Waals surface area contributed by atoms with Crippen LogP contribution >= 0.6 is 12.0 Å². The molecule has 196 valence electrons. The molecule has 9 heteroatoms. The molecule has 0 radical (unpaired) electrons. The van der Waals surface area contributed by atoms with Gasteiger partial charge in [-0.1, -0.05) is 49.2 Å². The molecule has 2 heterocycles. The first-order valence-electron chi connectivity index (χ1n) is 12.3. The van der Waals surface area contributed by atoms with Crippen LogP contribution in [0.1, 0.15) is 48.5 Å². The van der Waals surface area contributed by atoms with Gasteiger partial charge in [-0.25, -0.2) is 4.98 Å². The highest BCUT2D eigenvalue weighted by Crippen LogP contribution is 2.15. The topological polar surface area (TPSA) is 110 Å². The fourth-order valence-electron chi connectivity index (χ4n) is 3.43. The van der Waals surface area contributed by atoms with Gasteiger partial charge >= 0.3 is 0 Å². The van der Waals surface area contributed by atoms with Gasteiger partial charge in [-0.2, -0.15) is 0 Å². The van der Waals surface area contributed by atoms with Crippen LogP contribution in [-0.2, 0) is 0 Å². The summed E-state index contributed by atoms with van der Waals surface area (Å²) >= 11 is 0.750. The van der Waals surface area contributed by atoms with E-state index in [1.54, 1.807) is 18.4 Å². The van der Waals surface area contributed by atoms with Crippen molar-refractivity contribution in [2.75, 3.05) is 62.8 Å². The molecule has 0 saturated carbocycles. The SMILES string of the molecule is CCCNc1cc(C(=O)NCCO)cc(NCCN2CCCCC2)n1.CSO.Cc1ccccc1. The first-order chi connectivity index (χ1) is 17.0. The molecule has 1 saturated heterocycles. The van der Waals surface area contributed by atoms with Gasteiger partial charge in [0.05, 0.1) is 6.61 Å². The molecule has 0 spiro atoms. The lowest BCUT2D eigenvalue weighted by molar-refractivity contribution is 0.0944. The van der Waals surface area contributed by atoms with E-state index in [0.717, 1.165) is 38.1 Å². The minimum absolute atomic E-state index is 0.0707. The Bertz CT molecular complexity index is 805. The summed E-state index contributed by atoms with van der Waals surface area (Å²) in [5.74, 6) is 1.20. The summed E-state index contributed by atoms with van der Waals surface area (Å²) in [6.07, 6.45) is 6.48. The van der Waals surface area contributed by atoms with Crippen molar-refractivity contribution in [1.29, 1.82) is 0 Å². The maximum absolute atomic E-state index is 12.2. The number of piperidine rings is 1. The van der Waals surface area contributed by atoms with Crippen LogP contribution in [0.25, 0.3) is 0 Å². The number of aliphatic hydroxyl groups is 1. The minimum Gasteiger partial charge on any atom is -0.395 e. The van der Waals surface area contributed by atoms with Crippen molar-refractivity contribution < 1.29 is 14.5 Å². The average molecular weight is 506 g/mol. The fraction of sp³-hybridized carbons (Fsp3) is 0.538. The second-order valence-electron chi connectivity index (χ2n) is 8.20. The molecule has 35 heavy (non-hydrogen) atoms. The molecule has 8 nitrogen and oxygen atoms in total. The highest BCUT2D eigenvalue weighted by Gasteiger charge is 2.11. The highest BCUT2D eigenvalue weighted by molar-refractivity contribution is 7.93. The van der Waals surface area contributed by atoms with Gasteiger partial charge in [0.1, 0.15) is 11.6 Å². The monoisotopic (exact) mass is 505 g/mol. The number of rotatable bonds is 10. The summed E-state index contributed by atoms with van der Waals surface area (Å²) in [6, 6.07) is 13.8. The van der Waals surface area contributed by atoms with Gasteiger partial charge in [0, 0.05) is 38.0 Å². The zero-order chi connectivity index (χ0) is 25.7. The predicted molar refractivity (Wildman–Crippen MR) is 149 cm³/mol. The molecule has 1 aromatic heterocycles. The number of nitrogens with zero attached hydrogens (tertiary/aromatic N) is 2. The quantitative estimate of drug-likeness (QED) is 0.303. The zero-order valence-electron chi connectivity index (χ0n) is 21.4. The van der Waals surface area contributed by atoms with Gasteiger partial charge in [-0.15, -0.1) is 0 Å². The highest BCUT2D eigenvalue weighted by atomic mass is 32.2. The summed E-state index contributed by atoms with van der Waals surface area (Å²) in [5.41, 5.74) is 1.87. The average Bonchev–Trinajstić information content (AvgIpc) is 2.88. The number of amides is 1. The number of pyridine rings is 1. The van der Waals surface area contributed by atoms with Gasteiger partial charge < -0.3 is 30.5 Å². The number of anilines is 2. The van der Waals surface area contributed by atoms with Crippen LogP contribution in [-0.4, -0.2) is 77.6 Å². The Hall–Kier alpha value is -2.33. The van der Waals surface area contributed by atoms with E-state index in [-0.39, 0.29) is 19.1 Å². The minimum atomic E-state index is -0.199. The molecule has 2 aromatic rings. The van der Waals surface area contributed by atoms with Crippen molar-refractivity contribution in [3.05, 3.63) is 53.6 Å². The largest absolute Gasteiger partial charge is 0.395 e. The molecule has 1 aromatic carbocycles. The van der Waals surface area contributed by atoms with Crippen LogP contribution < -0.4 is 16.0 Å². The van der Waals surface area contributed by atoms with E-state index in [9.17, 15) is 4.79 Å². The number of aliphatic hydroxyl groups excluding tert-OH is 1. The fourth-order valence-corrected chi connectivity index (χ4v) is 3.43. The lowest BCUT2D eigenvalue weighted by Gasteiger charge is -2.26. The van der Waals surface area contributed by atoms with Gasteiger partial charge in [0.25, 0.3) is 5.91 Å². The smallest absolute Gasteiger partial charge is 0.251 e. The van der Waals surface area contributed by atoms with E-state index in [0.29, 0.717) is 17.2 Å². The summed E-state index contributed by atoms with van der Waals surface area (Å²) in [4.78, 5) is 19.2. The van der Waals surface area contributed by atoms with Crippen LogP contribution in [0.3, 0.4) is 0 Å². The van der Waals surface area contributed by atoms with Gasteiger partial charge in [-0.05, 0) is 63.5 Å². The van der Waals surface area contributed by atoms with Crippen LogP contribution in [0.15, 0.2) is 42.5 Å². The molecule has 1 fully saturated rings. The first-order valence-corrected chi connectivity index (χ1v) is 13.5. The molecular formula is C26H43N5O3S. The third-order valence-corrected chi connectivity index (χ3v) is 5.16. The van der Waals surface area contributed by atoms with Crippen LogP contribution in [0.5, 0.6) is 0 Å². The van der Waals surface area contributed by atoms with E-state index in [1.165, 1.54) is 37.9 Å². The normalized spacial score (nSPS) is 12.9. The lowest BCUT2D eigenvalue weighted by Crippen LogP contribution is -2.33. The second-order valence-corrected chi connectivity index (χ2v) is 8.56. The Labute approximate surface area is 215 Å². The summed E-state index contributed by atoms with van der Waals surface area (Å²) in [6.45, 7) is 9.28. The molecule has 1 amide bonds. The van der Waals surface area contributed by atoms with Crippen LogP contribution in [0, 0.1) is 6.92 Å². The van der Waals surface area contributed by atoms with E-state index < -0.39 is 0 Å². The molecule has 0 bridgehead atoms. The van der Waals surface area contributed by atoms with Crippen LogP contribution in [0.2, 0.25) is 0 Å². The van der Waals surface area contributed by atoms with Crippen LogP contribution in [0.4, 0.5) is 11.6 Å². The molecule has 0 atom stereocenters. The van der Waals surface area contributed by atoms with Crippen molar-refractivity contribution in [3.8, 4) is 0 Å². The molecular weight excluding hydrogens is 462 g/mol. The molecule has 5 N–H and O–H groups in total. The number of likely N-dealkylation sites (tertiary alicyclic amines) is 1. The number of hydrogen-bond donors (Lipinski definition) is 5. The Kier molecular flexibility index (Phi) is 17.5. The van der Waals surface area contributed by atoms with Gasteiger partial charge in [0.15, 0.2) is 0 Å².